The molecule has 0 amide bonds. The predicted octanol–water partition coefficient (Wildman–Crippen LogP) is 0.718. The van der Waals surface area contributed by atoms with Crippen molar-refractivity contribution in [3.63, 3.8) is 0 Å². The first-order valence-corrected chi connectivity index (χ1v) is 1.40. The van der Waals surface area contributed by atoms with Crippen LogP contribution >= 0.6 is 0 Å². The van der Waals surface area contributed by atoms with E-state index in [1.54, 1.807) is 0 Å². The molecule has 0 saturated heterocycles. The Bertz CT molecular complexity index is 72.9. The normalized spacial score (nSPS) is 20.0. The van der Waals surface area contributed by atoms with Crippen LogP contribution in [0.5, 0.6) is 0 Å². The Hall–Kier alpha value is -0.660. The third kappa shape index (κ3) is 0.210. The van der Waals surface area contributed by atoms with Crippen molar-refractivity contribution in [2.75, 3.05) is 0 Å². The number of hydrogen-bond donors (Lipinski definition) is 2. The quantitative estimate of drug-likeness (QED) is 0.442. The SMILES string of the molecule is OC1=C(O)C1. The molecule has 5 heavy (non-hydrogen) atoms. The molecule has 2 nitrogen and oxygen atoms in total. The summed E-state index contributed by atoms with van der Waals surface area (Å²) in [6.45, 7) is 0. The first-order valence-electron chi connectivity index (χ1n) is 1.40. The van der Waals surface area contributed by atoms with Crippen LogP contribution in [0.4, 0.5) is 0 Å². The summed E-state index contributed by atoms with van der Waals surface area (Å²) in [7, 11) is 0. The van der Waals surface area contributed by atoms with Crippen LogP contribution in [-0.4, -0.2) is 10.2 Å². The minimum absolute atomic E-state index is 0.144. The summed E-state index contributed by atoms with van der Waals surface area (Å²) in [5.41, 5.74) is 0. The lowest BCUT2D eigenvalue weighted by atomic mass is 10.8. The van der Waals surface area contributed by atoms with Crippen LogP contribution in [0.1, 0.15) is 6.42 Å². The van der Waals surface area contributed by atoms with Crippen molar-refractivity contribution in [3.05, 3.63) is 11.5 Å². The van der Waals surface area contributed by atoms with E-state index in [4.69, 9.17) is 10.2 Å². The highest BCUT2D eigenvalue weighted by Gasteiger charge is 2.17. The van der Waals surface area contributed by atoms with Gasteiger partial charge in [0.1, 0.15) is 11.5 Å². The number of hydrogen-bond acceptors (Lipinski definition) is 2. The van der Waals surface area contributed by atoms with E-state index in [2.05, 4.69) is 0 Å². The summed E-state index contributed by atoms with van der Waals surface area (Å²) in [5.74, 6) is 0.287. The van der Waals surface area contributed by atoms with Gasteiger partial charge in [0.2, 0.25) is 0 Å². The van der Waals surface area contributed by atoms with Gasteiger partial charge in [0.25, 0.3) is 0 Å². The summed E-state index contributed by atoms with van der Waals surface area (Å²) in [4.78, 5) is 0. The van der Waals surface area contributed by atoms with E-state index in [1.165, 1.54) is 0 Å². The summed E-state index contributed by atoms with van der Waals surface area (Å²) < 4.78 is 0. The van der Waals surface area contributed by atoms with Gasteiger partial charge in [-0.2, -0.15) is 0 Å². The molecule has 0 heterocycles. The van der Waals surface area contributed by atoms with Gasteiger partial charge in [-0.05, 0) is 0 Å². The van der Waals surface area contributed by atoms with E-state index in [-0.39, 0.29) is 11.5 Å². The van der Waals surface area contributed by atoms with Crippen LogP contribution in [0.2, 0.25) is 0 Å². The van der Waals surface area contributed by atoms with Crippen LogP contribution in [-0.2, 0) is 0 Å². The zero-order valence-electron chi connectivity index (χ0n) is 2.60. The van der Waals surface area contributed by atoms with Crippen LogP contribution in [0.3, 0.4) is 0 Å². The Kier molecular flexibility index (Phi) is 0.234. The maximum atomic E-state index is 8.06. The molecular weight excluding hydrogens is 68.0 g/mol. The Balaban J connectivity index is 2.59. The largest absolute Gasteiger partial charge is 0.508 e. The lowest BCUT2D eigenvalue weighted by molar-refractivity contribution is 0.407. The average molecular weight is 72.1 g/mol. The number of rotatable bonds is 0. The molecule has 0 aromatic heterocycles. The highest BCUT2D eigenvalue weighted by Crippen LogP contribution is 2.22. The predicted molar refractivity (Wildman–Crippen MR) is 16.9 cm³/mol. The van der Waals surface area contributed by atoms with Gasteiger partial charge >= 0.3 is 0 Å². The van der Waals surface area contributed by atoms with Gasteiger partial charge in [0.05, 0.1) is 6.42 Å². The second-order valence-corrected chi connectivity index (χ2v) is 1.07. The van der Waals surface area contributed by atoms with E-state index < -0.39 is 0 Å². The zero-order valence-corrected chi connectivity index (χ0v) is 2.60. The molecule has 0 aromatic carbocycles. The van der Waals surface area contributed by atoms with E-state index in [0.717, 1.165) is 0 Å². The Morgan fingerprint density at radius 2 is 1.40 bits per heavy atom. The molecule has 1 rings (SSSR count). The Morgan fingerprint density at radius 1 is 1.20 bits per heavy atom. The Morgan fingerprint density at radius 3 is 1.40 bits per heavy atom. The molecule has 0 saturated carbocycles. The summed E-state index contributed by atoms with van der Waals surface area (Å²) in [6.07, 6.45) is 0.417. The standard InChI is InChI=1S/C3H4O2/c4-2-1-3(2)5/h4-5H,1H2. The van der Waals surface area contributed by atoms with Gasteiger partial charge in [-0.15, -0.1) is 0 Å². The molecule has 0 fully saturated rings. The van der Waals surface area contributed by atoms with Crippen molar-refractivity contribution < 1.29 is 10.2 Å². The third-order valence-corrected chi connectivity index (χ3v) is 0.543. The van der Waals surface area contributed by atoms with Gasteiger partial charge in [-0.1, -0.05) is 0 Å². The van der Waals surface area contributed by atoms with Crippen LogP contribution in [0.15, 0.2) is 11.5 Å². The average Bonchev–Trinajstić information content (AvgIpc) is 1.79. The molecule has 28 valence electrons. The van der Waals surface area contributed by atoms with E-state index in [1.807, 2.05) is 0 Å². The van der Waals surface area contributed by atoms with Crippen molar-refractivity contribution in [2.45, 2.75) is 6.42 Å². The van der Waals surface area contributed by atoms with Crippen molar-refractivity contribution >= 4 is 0 Å². The fourth-order valence-corrected chi connectivity index (χ4v) is 0.114. The molecule has 1 aliphatic carbocycles. The summed E-state index contributed by atoms with van der Waals surface area (Å²) in [5, 5.41) is 16.1. The second-order valence-electron chi connectivity index (χ2n) is 1.07. The minimum atomic E-state index is 0.144. The third-order valence-electron chi connectivity index (χ3n) is 0.543. The van der Waals surface area contributed by atoms with Gasteiger partial charge in [-0.25, -0.2) is 0 Å². The molecule has 2 N–H and O–H groups in total. The van der Waals surface area contributed by atoms with E-state index in [0.29, 0.717) is 6.42 Å². The van der Waals surface area contributed by atoms with Crippen molar-refractivity contribution in [1.29, 1.82) is 0 Å². The first kappa shape index (κ1) is 2.57. The lowest BCUT2D eigenvalue weighted by Crippen LogP contribution is -1.43. The van der Waals surface area contributed by atoms with Crippen molar-refractivity contribution in [2.24, 2.45) is 0 Å². The lowest BCUT2D eigenvalue weighted by Gasteiger charge is -1.54. The zero-order chi connectivity index (χ0) is 3.86. The second kappa shape index (κ2) is 0.455. The highest BCUT2D eigenvalue weighted by molar-refractivity contribution is 5.19. The van der Waals surface area contributed by atoms with Crippen LogP contribution in [0.25, 0.3) is 0 Å². The van der Waals surface area contributed by atoms with E-state index >= 15 is 0 Å². The maximum absolute atomic E-state index is 8.06. The molecule has 0 unspecified atom stereocenters. The summed E-state index contributed by atoms with van der Waals surface area (Å²) in [6, 6.07) is 0. The first-order chi connectivity index (χ1) is 2.30. The van der Waals surface area contributed by atoms with E-state index in [9.17, 15) is 0 Å². The summed E-state index contributed by atoms with van der Waals surface area (Å²) >= 11 is 0. The van der Waals surface area contributed by atoms with Crippen molar-refractivity contribution in [3.8, 4) is 0 Å². The molecule has 2 heteroatoms. The van der Waals surface area contributed by atoms with Crippen LogP contribution < -0.4 is 0 Å². The fraction of sp³-hybridized carbons (Fsp3) is 0.333. The van der Waals surface area contributed by atoms with Crippen LogP contribution in [0, 0.1) is 0 Å². The van der Waals surface area contributed by atoms with Gasteiger partial charge in [-0.3, -0.25) is 0 Å². The molecule has 0 aromatic rings. The molecule has 1 aliphatic rings. The fourth-order valence-electron chi connectivity index (χ4n) is 0.114. The molecular formula is C3H4O2. The minimum Gasteiger partial charge on any atom is -0.508 e. The van der Waals surface area contributed by atoms with Gasteiger partial charge < -0.3 is 10.2 Å². The topological polar surface area (TPSA) is 40.5 Å². The number of aliphatic hydroxyl groups is 2. The smallest absolute Gasteiger partial charge is 0.138 e. The highest BCUT2D eigenvalue weighted by atomic mass is 16.3. The Labute approximate surface area is 29.4 Å². The molecule has 0 radical (unpaired) electrons. The van der Waals surface area contributed by atoms with Gasteiger partial charge in [0.15, 0.2) is 0 Å². The molecule has 0 spiro atoms. The molecule has 0 bridgehead atoms. The monoisotopic (exact) mass is 72.0 g/mol. The maximum Gasteiger partial charge on any atom is 0.138 e. The van der Waals surface area contributed by atoms with Crippen molar-refractivity contribution in [1.82, 2.24) is 0 Å². The molecule has 0 atom stereocenters. The number of aliphatic hydroxyl groups excluding tert-OH is 2. The molecule has 0 aliphatic heterocycles. The van der Waals surface area contributed by atoms with Gasteiger partial charge in [0, 0.05) is 0 Å². The number of allylic oxidation sites excluding steroid dienone is 2.